The largest absolute Gasteiger partial charge is 0.573 e. The molecule has 0 aromatic heterocycles. The molecule has 0 saturated carbocycles. The van der Waals surface area contributed by atoms with Gasteiger partial charge in [-0.2, -0.15) is 0 Å². The van der Waals surface area contributed by atoms with Crippen molar-refractivity contribution in [2.75, 3.05) is 18.0 Å². The number of carbonyl (C=O) groups excluding carboxylic acids is 1. The lowest BCUT2D eigenvalue weighted by Gasteiger charge is -2.47. The van der Waals surface area contributed by atoms with Gasteiger partial charge in [-0.15, -0.1) is 13.2 Å². The van der Waals surface area contributed by atoms with Crippen molar-refractivity contribution in [1.82, 2.24) is 9.62 Å². The highest BCUT2D eigenvalue weighted by atomic mass is 32.2. The number of hydrogen-bond acceptors (Lipinski definition) is 8. The normalized spacial score (nSPS) is 20.7. The van der Waals surface area contributed by atoms with E-state index in [4.69, 9.17) is 14.3 Å². The van der Waals surface area contributed by atoms with Gasteiger partial charge in [-0.3, -0.25) is 0 Å². The fourth-order valence-corrected chi connectivity index (χ4v) is 6.67. The maximum Gasteiger partial charge on any atom is 0.573 e. The van der Waals surface area contributed by atoms with Crippen LogP contribution in [0.4, 0.5) is 29.3 Å². The average Bonchev–Trinajstić information content (AvgIpc) is 3.01. The summed E-state index contributed by atoms with van der Waals surface area (Å²) in [5, 5.41) is 11.8. The topological polar surface area (TPSA) is 124 Å². The Kier molecular flexibility index (Phi) is 8.03. The number of carbonyl (C=O) groups is 1. The Hall–Kier alpha value is -4.79. The molecule has 1 saturated heterocycles. The Balaban J connectivity index is 1.34. The molecular weight excluding hydrogens is 613 g/mol. The van der Waals surface area contributed by atoms with Crippen LogP contribution in [0.15, 0.2) is 108 Å². The third kappa shape index (κ3) is 6.53. The lowest BCUT2D eigenvalue weighted by molar-refractivity contribution is -0.274. The number of alkyl halides is 3. The first kappa shape index (κ1) is 30.2. The summed E-state index contributed by atoms with van der Waals surface area (Å²) >= 11 is 0. The first-order valence-electron chi connectivity index (χ1n) is 13.8. The number of ether oxygens (including phenoxy) is 3. The Bertz CT molecular complexity index is 1750. The van der Waals surface area contributed by atoms with E-state index in [0.717, 1.165) is 24.3 Å². The first-order valence-corrected chi connectivity index (χ1v) is 15.3. The number of amides is 1. The van der Waals surface area contributed by atoms with E-state index in [0.29, 0.717) is 28.6 Å². The van der Waals surface area contributed by atoms with Gasteiger partial charge in [0.2, 0.25) is 0 Å². The van der Waals surface area contributed by atoms with Gasteiger partial charge in [0.1, 0.15) is 21.4 Å². The van der Waals surface area contributed by atoms with Gasteiger partial charge in [0.25, 0.3) is 0 Å². The summed E-state index contributed by atoms with van der Waals surface area (Å²) in [7, 11) is -3.91. The fraction of sp³-hybridized carbons (Fsp3) is 0.194. The van der Waals surface area contributed by atoms with Crippen LogP contribution < -0.4 is 23.8 Å². The molecule has 0 bridgehead atoms. The summed E-state index contributed by atoms with van der Waals surface area (Å²) in [4.78, 5) is 16.5. The van der Waals surface area contributed by atoms with Crippen LogP contribution in [0.3, 0.4) is 0 Å². The van der Waals surface area contributed by atoms with Gasteiger partial charge in [0.15, 0.2) is 11.5 Å². The molecule has 1 fully saturated rings. The van der Waals surface area contributed by atoms with Gasteiger partial charge in [-0.05, 0) is 60.7 Å². The fourth-order valence-electron chi connectivity index (χ4n) is 5.37. The predicted octanol–water partition coefficient (Wildman–Crippen LogP) is 6.05. The summed E-state index contributed by atoms with van der Waals surface area (Å²) in [6.45, 7) is -0.210. The zero-order valence-corrected chi connectivity index (χ0v) is 24.2. The van der Waals surface area contributed by atoms with E-state index in [9.17, 15) is 27.3 Å². The van der Waals surface area contributed by atoms with Gasteiger partial charge in [0, 0.05) is 13.1 Å². The number of aliphatic hydroxyl groups excluding tert-OH is 1. The summed E-state index contributed by atoms with van der Waals surface area (Å²) in [5.41, 5.74) is 1.23. The van der Waals surface area contributed by atoms with Crippen molar-refractivity contribution < 1.29 is 41.5 Å². The third-order valence-corrected chi connectivity index (χ3v) is 8.92. The number of rotatable bonds is 6. The van der Waals surface area contributed by atoms with Crippen LogP contribution in [-0.4, -0.2) is 57.9 Å². The second-order valence-corrected chi connectivity index (χ2v) is 12.2. The zero-order chi connectivity index (χ0) is 31.8. The number of halogens is 3. The Morgan fingerprint density at radius 3 is 2.04 bits per heavy atom. The van der Waals surface area contributed by atoms with E-state index in [-0.39, 0.29) is 18.0 Å². The van der Waals surface area contributed by atoms with Gasteiger partial charge < -0.3 is 29.1 Å². The number of likely N-dealkylation sites (tertiary alicyclic amines) is 1. The van der Waals surface area contributed by atoms with Crippen LogP contribution in [0, 0.1) is 4.78 Å². The van der Waals surface area contributed by atoms with Gasteiger partial charge >= 0.3 is 12.5 Å². The molecule has 14 heteroatoms. The van der Waals surface area contributed by atoms with E-state index in [2.05, 4.69) is 9.46 Å². The molecule has 10 nitrogen and oxygen atoms in total. The predicted molar refractivity (Wildman–Crippen MR) is 158 cm³/mol. The van der Waals surface area contributed by atoms with Gasteiger partial charge in [0.05, 0.1) is 34.5 Å². The van der Waals surface area contributed by atoms with E-state index < -0.39 is 46.3 Å². The summed E-state index contributed by atoms with van der Waals surface area (Å²) < 4.78 is 78.4. The van der Waals surface area contributed by atoms with Crippen molar-refractivity contribution in [1.29, 1.82) is 4.78 Å². The lowest BCUT2D eigenvalue weighted by Crippen LogP contribution is -2.66. The van der Waals surface area contributed by atoms with Crippen LogP contribution in [0.2, 0.25) is 0 Å². The maximum atomic E-state index is 13.7. The smallest absolute Gasteiger partial charge is 0.453 e. The van der Waals surface area contributed by atoms with Crippen LogP contribution >= 0.6 is 0 Å². The van der Waals surface area contributed by atoms with Gasteiger partial charge in [-0.25, -0.2) is 18.5 Å². The monoisotopic (exact) mass is 640 g/mol. The molecule has 4 unspecified atom stereocenters. The van der Waals surface area contributed by atoms with Crippen molar-refractivity contribution >= 4 is 27.4 Å². The molecule has 4 aromatic carbocycles. The summed E-state index contributed by atoms with van der Waals surface area (Å²) in [6, 6.07) is 24.8. The summed E-state index contributed by atoms with van der Waals surface area (Å²) in [5.74, 6) is 0.783. The molecular formula is C31H27F3N4O6S. The lowest BCUT2D eigenvalue weighted by atomic mass is 9.94. The second kappa shape index (κ2) is 12.0. The zero-order valence-electron chi connectivity index (χ0n) is 23.4. The van der Waals surface area contributed by atoms with Crippen molar-refractivity contribution in [3.8, 4) is 23.0 Å². The third-order valence-electron chi connectivity index (χ3n) is 7.35. The number of nitrogens with one attached hydrogen (secondary N) is 2. The van der Waals surface area contributed by atoms with Crippen molar-refractivity contribution in [3.63, 3.8) is 0 Å². The maximum absolute atomic E-state index is 13.7. The first-order chi connectivity index (χ1) is 21.5. The average molecular weight is 641 g/mol. The number of piperidine rings is 1. The molecule has 6 rings (SSSR count). The molecule has 4 aromatic rings. The number of hydrogen-bond donors (Lipinski definition) is 3. The standard InChI is InChI=1S/C31H27F3N4O6S/c32-31(33,34)44-21-14-16-22(17-15-21)45(35,41)36-23-18-37(30(40)42-20-8-2-1-3-9-20)19-26(29(23)39)38-24-10-4-6-12-27(24)43-28-13-7-5-11-25(28)38/h1-17,23,26,29,39H,18-19H2,(H2,35,36,41). The van der Waals surface area contributed by atoms with Crippen LogP contribution in [0.5, 0.6) is 23.0 Å². The van der Waals surface area contributed by atoms with E-state index in [1.165, 1.54) is 4.90 Å². The highest BCUT2D eigenvalue weighted by molar-refractivity contribution is 7.90. The molecule has 45 heavy (non-hydrogen) atoms. The van der Waals surface area contributed by atoms with E-state index in [1.54, 1.807) is 78.9 Å². The van der Waals surface area contributed by atoms with Crippen molar-refractivity contribution in [2.45, 2.75) is 29.4 Å². The Morgan fingerprint density at radius 2 is 1.44 bits per heavy atom. The second-order valence-electron chi connectivity index (χ2n) is 10.4. The molecule has 0 radical (unpaired) electrons. The van der Waals surface area contributed by atoms with Crippen molar-refractivity contribution in [3.05, 3.63) is 103 Å². The number of para-hydroxylation sites is 5. The Labute approximate surface area is 256 Å². The molecule has 2 aliphatic heterocycles. The SMILES string of the molecule is N=S(=O)(NC1CN(C(=O)Oc2ccccc2)CC(N2c3ccccc3Oc3ccccc32)C1O)c1ccc(OC(F)(F)F)cc1. The number of fused-ring (bicyclic) bond motifs is 2. The van der Waals surface area contributed by atoms with Crippen LogP contribution in [0.1, 0.15) is 0 Å². The minimum absolute atomic E-state index is 0.0175. The minimum atomic E-state index is -4.92. The van der Waals surface area contributed by atoms with Crippen LogP contribution in [0.25, 0.3) is 0 Å². The highest BCUT2D eigenvalue weighted by Gasteiger charge is 2.45. The van der Waals surface area contributed by atoms with E-state index in [1.807, 2.05) is 4.90 Å². The molecule has 234 valence electrons. The molecule has 2 aliphatic rings. The number of anilines is 2. The van der Waals surface area contributed by atoms with Crippen LogP contribution in [-0.2, 0) is 9.92 Å². The van der Waals surface area contributed by atoms with Gasteiger partial charge in [-0.1, -0.05) is 42.5 Å². The highest BCUT2D eigenvalue weighted by Crippen LogP contribution is 2.48. The molecule has 3 N–H and O–H groups in total. The minimum Gasteiger partial charge on any atom is -0.453 e. The molecule has 0 spiro atoms. The molecule has 0 aliphatic carbocycles. The number of benzene rings is 4. The Morgan fingerprint density at radius 1 is 0.867 bits per heavy atom. The number of aliphatic hydroxyl groups is 1. The van der Waals surface area contributed by atoms with Crippen molar-refractivity contribution in [2.24, 2.45) is 0 Å². The van der Waals surface area contributed by atoms with E-state index >= 15 is 0 Å². The molecule has 2 heterocycles. The molecule has 4 atom stereocenters. The number of nitrogens with zero attached hydrogens (tertiary/aromatic N) is 2. The summed E-state index contributed by atoms with van der Waals surface area (Å²) in [6.07, 6.45) is -6.95. The molecule has 1 amide bonds. The quantitative estimate of drug-likeness (QED) is 0.234.